The highest BCUT2D eigenvalue weighted by Crippen LogP contribution is 2.43. The SMILES string of the molecule is COc1ccc(C(OC(C)=O)C(F)(Br)Br)cc1. The van der Waals surface area contributed by atoms with E-state index in [4.69, 9.17) is 9.47 Å². The minimum Gasteiger partial charge on any atom is -0.497 e. The summed E-state index contributed by atoms with van der Waals surface area (Å²) in [5, 5.41) is 0. The van der Waals surface area contributed by atoms with Gasteiger partial charge < -0.3 is 9.47 Å². The Bertz CT molecular complexity index is 387. The summed E-state index contributed by atoms with van der Waals surface area (Å²) in [4.78, 5) is 10.9. The summed E-state index contributed by atoms with van der Waals surface area (Å²) in [7, 11) is 1.53. The maximum absolute atomic E-state index is 13.8. The quantitative estimate of drug-likeness (QED) is 0.599. The van der Waals surface area contributed by atoms with Crippen molar-refractivity contribution in [3.63, 3.8) is 0 Å². The Morgan fingerprint density at radius 1 is 1.35 bits per heavy atom. The minimum atomic E-state index is -2.01. The van der Waals surface area contributed by atoms with Crippen LogP contribution in [0.2, 0.25) is 0 Å². The normalized spacial score (nSPS) is 13.0. The number of methoxy groups -OCH3 is 1. The van der Waals surface area contributed by atoms with Crippen LogP contribution in [0, 0.1) is 0 Å². The number of halogens is 3. The monoisotopic (exact) mass is 368 g/mol. The van der Waals surface area contributed by atoms with Gasteiger partial charge in [0.25, 0.3) is 3.49 Å². The molecule has 0 amide bonds. The van der Waals surface area contributed by atoms with Crippen LogP contribution in [0.25, 0.3) is 0 Å². The van der Waals surface area contributed by atoms with Crippen molar-refractivity contribution in [2.24, 2.45) is 0 Å². The van der Waals surface area contributed by atoms with E-state index in [1.165, 1.54) is 14.0 Å². The Morgan fingerprint density at radius 2 is 1.88 bits per heavy atom. The highest BCUT2D eigenvalue weighted by atomic mass is 79.9. The van der Waals surface area contributed by atoms with E-state index < -0.39 is 15.6 Å². The lowest BCUT2D eigenvalue weighted by atomic mass is 10.1. The molecule has 0 spiro atoms. The number of alkyl halides is 3. The second-order valence-corrected chi connectivity index (χ2v) is 6.68. The first-order valence-corrected chi connectivity index (χ1v) is 6.31. The Labute approximate surface area is 116 Å². The van der Waals surface area contributed by atoms with E-state index in [2.05, 4.69) is 31.9 Å². The van der Waals surface area contributed by atoms with E-state index >= 15 is 0 Å². The number of hydrogen-bond acceptors (Lipinski definition) is 3. The molecule has 0 aliphatic rings. The number of ether oxygens (including phenoxy) is 2. The Morgan fingerprint density at radius 3 is 2.24 bits per heavy atom. The molecule has 6 heteroatoms. The van der Waals surface area contributed by atoms with Crippen LogP contribution in [0.15, 0.2) is 24.3 Å². The van der Waals surface area contributed by atoms with Crippen molar-refractivity contribution in [2.45, 2.75) is 16.5 Å². The van der Waals surface area contributed by atoms with Gasteiger partial charge in [0.15, 0.2) is 6.10 Å². The Hall–Kier alpha value is -0.620. The van der Waals surface area contributed by atoms with Crippen LogP contribution in [0.5, 0.6) is 5.75 Å². The van der Waals surface area contributed by atoms with Crippen molar-refractivity contribution in [1.29, 1.82) is 0 Å². The summed E-state index contributed by atoms with van der Waals surface area (Å²) in [6, 6.07) is 6.59. The van der Waals surface area contributed by atoms with Gasteiger partial charge in [0.1, 0.15) is 5.75 Å². The minimum absolute atomic E-state index is 0.511. The Kier molecular flexibility index (Phi) is 4.94. The maximum atomic E-state index is 13.8. The van der Waals surface area contributed by atoms with E-state index in [1.54, 1.807) is 24.3 Å². The van der Waals surface area contributed by atoms with E-state index in [1.807, 2.05) is 0 Å². The van der Waals surface area contributed by atoms with Crippen molar-refractivity contribution < 1.29 is 18.7 Å². The summed E-state index contributed by atoms with van der Waals surface area (Å²) in [5.41, 5.74) is 0.511. The molecule has 0 radical (unpaired) electrons. The summed E-state index contributed by atoms with van der Waals surface area (Å²) < 4.78 is 21.7. The predicted octanol–water partition coefficient (Wildman–Crippen LogP) is 3.71. The van der Waals surface area contributed by atoms with Gasteiger partial charge >= 0.3 is 5.97 Å². The van der Waals surface area contributed by atoms with Crippen LogP contribution in [0.1, 0.15) is 18.6 Å². The van der Waals surface area contributed by atoms with Gasteiger partial charge in [-0.25, -0.2) is 4.39 Å². The first-order valence-electron chi connectivity index (χ1n) is 4.72. The van der Waals surface area contributed by atoms with E-state index in [-0.39, 0.29) is 0 Å². The molecule has 3 nitrogen and oxygen atoms in total. The van der Waals surface area contributed by atoms with Crippen LogP contribution < -0.4 is 4.74 Å². The highest BCUT2D eigenvalue weighted by molar-refractivity contribution is 9.25. The van der Waals surface area contributed by atoms with Gasteiger partial charge in [0, 0.05) is 6.92 Å². The summed E-state index contributed by atoms with van der Waals surface area (Å²) >= 11 is 5.57. The molecule has 1 unspecified atom stereocenters. The van der Waals surface area contributed by atoms with Crippen LogP contribution >= 0.6 is 31.9 Å². The molecule has 17 heavy (non-hydrogen) atoms. The van der Waals surface area contributed by atoms with Crippen LogP contribution in [0.4, 0.5) is 4.39 Å². The third kappa shape index (κ3) is 4.27. The molecule has 1 rings (SSSR count). The number of hydrogen-bond donors (Lipinski definition) is 0. The van der Waals surface area contributed by atoms with Crippen molar-refractivity contribution >= 4 is 37.8 Å². The zero-order valence-electron chi connectivity index (χ0n) is 9.25. The lowest BCUT2D eigenvalue weighted by molar-refractivity contribution is -0.148. The number of rotatable bonds is 4. The number of carbonyl (C=O) groups is 1. The number of carbonyl (C=O) groups excluding carboxylic acids is 1. The van der Waals surface area contributed by atoms with Gasteiger partial charge in [-0.05, 0) is 49.6 Å². The molecule has 1 aromatic carbocycles. The summed E-state index contributed by atoms with van der Waals surface area (Å²) in [5.74, 6) is 0.0793. The first-order chi connectivity index (χ1) is 7.84. The molecule has 0 aromatic heterocycles. The van der Waals surface area contributed by atoms with Gasteiger partial charge in [-0.1, -0.05) is 12.1 Å². The predicted molar refractivity (Wildman–Crippen MR) is 69.2 cm³/mol. The van der Waals surface area contributed by atoms with Gasteiger partial charge in [-0.3, -0.25) is 4.79 Å². The smallest absolute Gasteiger partial charge is 0.303 e. The second kappa shape index (κ2) is 5.82. The van der Waals surface area contributed by atoms with Gasteiger partial charge in [0.05, 0.1) is 7.11 Å². The van der Waals surface area contributed by atoms with Crippen LogP contribution in [-0.2, 0) is 9.53 Å². The first kappa shape index (κ1) is 14.4. The van der Waals surface area contributed by atoms with Gasteiger partial charge in [-0.15, -0.1) is 0 Å². The third-order valence-electron chi connectivity index (χ3n) is 2.00. The molecule has 0 aliphatic heterocycles. The molecule has 0 aliphatic carbocycles. The summed E-state index contributed by atoms with van der Waals surface area (Å²) in [6.07, 6.45) is -1.08. The molecular formula is C11H11Br2FO3. The topological polar surface area (TPSA) is 35.5 Å². The van der Waals surface area contributed by atoms with Crippen LogP contribution in [-0.4, -0.2) is 16.6 Å². The molecule has 0 saturated carbocycles. The largest absolute Gasteiger partial charge is 0.497 e. The average molecular weight is 370 g/mol. The highest BCUT2D eigenvalue weighted by Gasteiger charge is 2.37. The fraction of sp³-hybridized carbons (Fsp3) is 0.364. The lowest BCUT2D eigenvalue weighted by Crippen LogP contribution is -2.22. The van der Waals surface area contributed by atoms with E-state index in [9.17, 15) is 9.18 Å². The standard InChI is InChI=1S/C11H11Br2FO3/c1-7(15)17-10(11(12,13)14)8-3-5-9(16-2)6-4-8/h3-6,10H,1-2H3. The third-order valence-corrected chi connectivity index (χ3v) is 2.83. The number of esters is 1. The van der Waals surface area contributed by atoms with Crippen LogP contribution in [0.3, 0.4) is 0 Å². The zero-order chi connectivity index (χ0) is 13.1. The van der Waals surface area contributed by atoms with E-state index in [0.29, 0.717) is 11.3 Å². The van der Waals surface area contributed by atoms with Crippen molar-refractivity contribution in [2.75, 3.05) is 7.11 Å². The molecule has 0 N–H and O–H groups in total. The van der Waals surface area contributed by atoms with E-state index in [0.717, 1.165) is 0 Å². The fourth-order valence-corrected chi connectivity index (χ4v) is 1.98. The second-order valence-electron chi connectivity index (χ2n) is 3.30. The fourth-order valence-electron chi connectivity index (χ4n) is 1.27. The average Bonchev–Trinajstić information content (AvgIpc) is 2.24. The maximum Gasteiger partial charge on any atom is 0.303 e. The summed E-state index contributed by atoms with van der Waals surface area (Å²) in [6.45, 7) is 1.22. The zero-order valence-corrected chi connectivity index (χ0v) is 12.4. The molecule has 0 saturated heterocycles. The molecule has 0 fully saturated rings. The molecular weight excluding hydrogens is 359 g/mol. The molecule has 0 bridgehead atoms. The molecule has 0 heterocycles. The van der Waals surface area contributed by atoms with Crippen molar-refractivity contribution in [3.05, 3.63) is 29.8 Å². The molecule has 1 atom stereocenters. The number of benzene rings is 1. The van der Waals surface area contributed by atoms with Crippen molar-refractivity contribution in [1.82, 2.24) is 0 Å². The van der Waals surface area contributed by atoms with Gasteiger partial charge in [-0.2, -0.15) is 0 Å². The lowest BCUT2D eigenvalue weighted by Gasteiger charge is -2.23. The molecule has 94 valence electrons. The Balaban J connectivity index is 3.00. The van der Waals surface area contributed by atoms with Crippen molar-refractivity contribution in [3.8, 4) is 5.75 Å². The van der Waals surface area contributed by atoms with Gasteiger partial charge in [0.2, 0.25) is 0 Å². The molecule has 1 aromatic rings.